The molecule has 1 atom stereocenters. The molecule has 1 aliphatic heterocycles. The molecule has 0 bridgehead atoms. The number of carbonyl (C=O) groups excluding carboxylic acids is 2. The largest absolute Gasteiger partial charge is 0.503 e. The summed E-state index contributed by atoms with van der Waals surface area (Å²) < 4.78 is 31.7. The lowest BCUT2D eigenvalue weighted by Gasteiger charge is -2.24. The number of rotatable bonds is 12. The van der Waals surface area contributed by atoms with Crippen molar-refractivity contribution in [2.24, 2.45) is 0 Å². The third kappa shape index (κ3) is 5.81. The topological polar surface area (TPSA) is 115 Å². The van der Waals surface area contributed by atoms with Crippen molar-refractivity contribution in [1.82, 2.24) is 10.2 Å². The Labute approximate surface area is 249 Å². The van der Waals surface area contributed by atoms with Crippen molar-refractivity contribution in [2.45, 2.75) is 30.0 Å². The van der Waals surface area contributed by atoms with Gasteiger partial charge in [-0.2, -0.15) is 0 Å². The quantitative estimate of drug-likeness (QED) is 0.0821. The van der Waals surface area contributed by atoms with Crippen LogP contribution in [0.1, 0.15) is 40.4 Å². The second-order valence-corrected chi connectivity index (χ2v) is 11.2. The number of anilines is 1. The van der Waals surface area contributed by atoms with Crippen LogP contribution in [0.5, 0.6) is 11.5 Å². The normalized spacial score (nSPS) is 14.9. The maximum Gasteiger partial charge on any atom is 0.296 e. The van der Waals surface area contributed by atoms with Gasteiger partial charge < -0.3 is 19.0 Å². The molecule has 0 aliphatic carbocycles. The monoisotopic (exact) mass is 607 g/mol. The van der Waals surface area contributed by atoms with Gasteiger partial charge in [0.25, 0.3) is 5.91 Å². The Kier molecular flexibility index (Phi) is 8.74. The first-order valence-corrected chi connectivity index (χ1v) is 14.7. The Bertz CT molecular complexity index is 1680. The Hall–Kier alpha value is -4.42. The molecule has 3 heterocycles. The average molecular weight is 608 g/mol. The number of benzene rings is 2. The van der Waals surface area contributed by atoms with Gasteiger partial charge in [-0.05, 0) is 55.3 Å². The Morgan fingerprint density at radius 1 is 1.19 bits per heavy atom. The van der Waals surface area contributed by atoms with Crippen LogP contribution in [0.15, 0.2) is 87.3 Å². The van der Waals surface area contributed by atoms with Gasteiger partial charge in [-0.3, -0.25) is 14.5 Å². The Morgan fingerprint density at radius 2 is 2.00 bits per heavy atom. The van der Waals surface area contributed by atoms with Crippen LogP contribution in [0.3, 0.4) is 0 Å². The highest BCUT2D eigenvalue weighted by molar-refractivity contribution is 8.00. The number of aryl methyl sites for hydroxylation is 1. The molecule has 0 radical (unpaired) electrons. The number of aliphatic hydroxyl groups is 1. The number of carbonyl (C=O) groups is 2. The van der Waals surface area contributed by atoms with Gasteiger partial charge in [0.05, 0.1) is 18.2 Å². The van der Waals surface area contributed by atoms with Crippen molar-refractivity contribution < 1.29 is 33.0 Å². The molecule has 9 nitrogen and oxygen atoms in total. The first-order valence-electron chi connectivity index (χ1n) is 12.9. The predicted octanol–water partition coefficient (Wildman–Crippen LogP) is 6.62. The highest BCUT2D eigenvalue weighted by atomic mass is 32.2. The fraction of sp³-hybridized carbons (Fsp3) is 0.200. The van der Waals surface area contributed by atoms with Gasteiger partial charge >= 0.3 is 0 Å². The highest BCUT2D eigenvalue weighted by Crippen LogP contribution is 2.45. The fourth-order valence-corrected chi connectivity index (χ4v) is 6.24. The second kappa shape index (κ2) is 12.6. The predicted molar refractivity (Wildman–Crippen MR) is 157 cm³/mol. The minimum atomic E-state index is -1.08. The van der Waals surface area contributed by atoms with Crippen LogP contribution in [-0.4, -0.2) is 40.2 Å². The molecule has 1 aliphatic rings. The first-order chi connectivity index (χ1) is 20.3. The number of nitrogens with zero attached hydrogens (tertiary/aromatic N) is 3. The van der Waals surface area contributed by atoms with Crippen LogP contribution < -0.4 is 14.4 Å². The summed E-state index contributed by atoms with van der Waals surface area (Å²) in [7, 11) is 0. The van der Waals surface area contributed by atoms with E-state index in [1.54, 1.807) is 55.5 Å². The summed E-state index contributed by atoms with van der Waals surface area (Å²) in [4.78, 5) is 28.4. The number of amides is 1. The molecule has 42 heavy (non-hydrogen) atoms. The maximum atomic E-state index is 14.1. The maximum absolute atomic E-state index is 14.1. The van der Waals surface area contributed by atoms with E-state index in [0.29, 0.717) is 45.1 Å². The molecule has 1 amide bonds. The zero-order valence-electron chi connectivity index (χ0n) is 22.7. The van der Waals surface area contributed by atoms with Crippen LogP contribution >= 0.6 is 23.1 Å². The van der Waals surface area contributed by atoms with Crippen molar-refractivity contribution in [3.8, 4) is 11.5 Å². The number of ketones is 1. The van der Waals surface area contributed by atoms with Crippen LogP contribution in [-0.2, 0) is 10.5 Å². The molecule has 1 N–H and O–H groups in total. The fourth-order valence-electron chi connectivity index (χ4n) is 4.38. The standard InChI is InChI=1S/C30H26FN3O6S2/c1-4-14-39-21-13-11-18(15-23(21)38-5-2)25-24(26(35)22-12-10-17(3)40-22)27(36)28(37)34(25)29-32-33-30(42-29)41-16-19-8-6-7-9-20(19)31/h4,6-13,15,25,36H,1,5,14,16H2,2-3H3. The van der Waals surface area contributed by atoms with Crippen molar-refractivity contribution in [2.75, 3.05) is 18.1 Å². The molecular weight excluding hydrogens is 581 g/mol. The van der Waals surface area contributed by atoms with Gasteiger partial charge in [0.1, 0.15) is 18.2 Å². The summed E-state index contributed by atoms with van der Waals surface area (Å²) in [6, 6.07) is 13.4. The highest BCUT2D eigenvalue weighted by Gasteiger charge is 2.47. The summed E-state index contributed by atoms with van der Waals surface area (Å²) in [5, 5.41) is 19.6. The lowest BCUT2D eigenvalue weighted by atomic mass is 9.95. The summed E-state index contributed by atoms with van der Waals surface area (Å²) in [5.74, 6) is -0.921. The van der Waals surface area contributed by atoms with Gasteiger partial charge in [0.15, 0.2) is 27.4 Å². The minimum absolute atomic E-state index is 0.0249. The zero-order chi connectivity index (χ0) is 29.8. The Balaban J connectivity index is 1.54. The molecule has 2 aromatic carbocycles. The van der Waals surface area contributed by atoms with E-state index in [-0.39, 0.29) is 28.9 Å². The van der Waals surface area contributed by atoms with Crippen molar-refractivity contribution in [3.63, 3.8) is 0 Å². The molecule has 0 fully saturated rings. The number of hydrogen-bond donors (Lipinski definition) is 1. The van der Waals surface area contributed by atoms with E-state index in [1.807, 2.05) is 6.92 Å². The van der Waals surface area contributed by atoms with Gasteiger partial charge in [-0.1, -0.05) is 60.0 Å². The third-order valence-corrected chi connectivity index (χ3v) is 8.37. The molecule has 1 unspecified atom stereocenters. The SMILES string of the molecule is C=CCOc1ccc(C2C(C(=O)c3ccc(C)o3)=C(O)C(=O)N2c2nnc(SCc3ccccc3F)s2)cc1OCC. The number of aliphatic hydroxyl groups excluding tert-OH is 1. The average Bonchev–Trinajstić information content (AvgIpc) is 3.70. The van der Waals surface area contributed by atoms with E-state index in [0.717, 1.165) is 11.3 Å². The summed E-state index contributed by atoms with van der Waals surface area (Å²) in [6.07, 6.45) is 1.60. The van der Waals surface area contributed by atoms with Gasteiger partial charge in [-0.25, -0.2) is 4.39 Å². The molecule has 0 saturated carbocycles. The molecule has 12 heteroatoms. The van der Waals surface area contributed by atoms with Gasteiger partial charge in [0.2, 0.25) is 10.9 Å². The van der Waals surface area contributed by atoms with Crippen LogP contribution in [0.4, 0.5) is 9.52 Å². The number of Topliss-reactive ketones (excluding diaryl/α,β-unsaturated/α-hetero) is 1. The van der Waals surface area contributed by atoms with Crippen molar-refractivity contribution in [1.29, 1.82) is 0 Å². The number of hydrogen-bond acceptors (Lipinski definition) is 10. The van der Waals surface area contributed by atoms with Crippen molar-refractivity contribution in [3.05, 3.63) is 107 Å². The van der Waals surface area contributed by atoms with E-state index in [1.165, 1.54) is 28.8 Å². The van der Waals surface area contributed by atoms with Crippen LogP contribution in [0.2, 0.25) is 0 Å². The zero-order valence-corrected chi connectivity index (χ0v) is 24.3. The number of halogens is 1. The number of furan rings is 1. The first kappa shape index (κ1) is 29.1. The van der Waals surface area contributed by atoms with E-state index < -0.39 is 23.5 Å². The smallest absolute Gasteiger partial charge is 0.296 e. The molecule has 4 aromatic rings. The lowest BCUT2D eigenvalue weighted by Crippen LogP contribution is -2.31. The number of aromatic nitrogens is 2. The molecular formula is C30H26FN3O6S2. The third-order valence-electron chi connectivity index (χ3n) is 6.27. The van der Waals surface area contributed by atoms with E-state index in [2.05, 4.69) is 16.8 Å². The van der Waals surface area contributed by atoms with Gasteiger partial charge in [-0.15, -0.1) is 10.2 Å². The van der Waals surface area contributed by atoms with Gasteiger partial charge in [0, 0.05) is 5.75 Å². The van der Waals surface area contributed by atoms with E-state index in [4.69, 9.17) is 13.9 Å². The lowest BCUT2D eigenvalue weighted by molar-refractivity contribution is -0.117. The van der Waals surface area contributed by atoms with E-state index >= 15 is 0 Å². The number of ether oxygens (including phenoxy) is 2. The molecule has 216 valence electrons. The van der Waals surface area contributed by atoms with E-state index in [9.17, 15) is 19.1 Å². The van der Waals surface area contributed by atoms with Crippen molar-refractivity contribution >= 4 is 39.9 Å². The summed E-state index contributed by atoms with van der Waals surface area (Å²) in [6.45, 7) is 7.75. The molecule has 0 saturated heterocycles. The second-order valence-electron chi connectivity index (χ2n) is 9.05. The number of thioether (sulfide) groups is 1. The van der Waals surface area contributed by atoms with Crippen LogP contribution in [0, 0.1) is 12.7 Å². The Morgan fingerprint density at radius 3 is 2.71 bits per heavy atom. The molecule has 5 rings (SSSR count). The van der Waals surface area contributed by atoms with Crippen LogP contribution in [0.25, 0.3) is 0 Å². The molecule has 0 spiro atoms. The summed E-state index contributed by atoms with van der Waals surface area (Å²) in [5.41, 5.74) is 0.786. The summed E-state index contributed by atoms with van der Waals surface area (Å²) >= 11 is 2.34. The minimum Gasteiger partial charge on any atom is -0.503 e. The molecule has 2 aromatic heterocycles.